The summed E-state index contributed by atoms with van der Waals surface area (Å²) in [6.07, 6.45) is 3.30. The monoisotopic (exact) mass is 233 g/mol. The Kier molecular flexibility index (Phi) is 2.71. The molecule has 0 N–H and O–H groups in total. The molecule has 1 aromatic rings. The van der Waals surface area contributed by atoms with Gasteiger partial charge < -0.3 is 0 Å². The molecule has 3 aliphatic rings. The maximum absolute atomic E-state index is 13.6. The zero-order chi connectivity index (χ0) is 11.8. The second-order valence-electron chi connectivity index (χ2n) is 5.07. The zero-order valence-electron chi connectivity index (χ0n) is 9.73. The van der Waals surface area contributed by atoms with Gasteiger partial charge in [-0.25, -0.2) is 4.39 Å². The third-order valence-electron chi connectivity index (χ3n) is 4.09. The summed E-state index contributed by atoms with van der Waals surface area (Å²) in [4.78, 5) is 14.5. The first-order chi connectivity index (χ1) is 8.25. The fourth-order valence-corrected chi connectivity index (χ4v) is 3.08. The molecule has 3 fully saturated rings. The van der Waals surface area contributed by atoms with Crippen molar-refractivity contribution in [2.45, 2.75) is 25.3 Å². The molecule has 90 valence electrons. The minimum atomic E-state index is -0.389. The smallest absolute Gasteiger partial charge is 0.182 e. The lowest BCUT2D eigenvalue weighted by Gasteiger charge is -2.44. The second-order valence-corrected chi connectivity index (χ2v) is 5.07. The largest absolute Gasteiger partial charge is 0.293 e. The highest BCUT2D eigenvalue weighted by Gasteiger charge is 2.38. The van der Waals surface area contributed by atoms with Crippen LogP contribution in [-0.4, -0.2) is 29.8 Å². The third kappa shape index (κ3) is 1.89. The van der Waals surface area contributed by atoms with E-state index in [1.165, 1.54) is 18.9 Å². The molecule has 3 saturated heterocycles. The Morgan fingerprint density at radius 1 is 1.24 bits per heavy atom. The third-order valence-corrected chi connectivity index (χ3v) is 4.09. The zero-order valence-corrected chi connectivity index (χ0v) is 9.73. The number of hydrogen-bond acceptors (Lipinski definition) is 2. The highest BCUT2D eigenvalue weighted by molar-refractivity contribution is 6.00. The maximum Gasteiger partial charge on any atom is 0.182 e. The van der Waals surface area contributed by atoms with Crippen molar-refractivity contribution in [3.05, 3.63) is 35.6 Å². The molecule has 1 atom stereocenters. The number of piperidine rings is 3. The first-order valence-electron chi connectivity index (χ1n) is 6.28. The van der Waals surface area contributed by atoms with Crippen molar-refractivity contribution in [2.24, 2.45) is 5.92 Å². The van der Waals surface area contributed by atoms with Crippen LogP contribution in [0.2, 0.25) is 0 Å². The molecule has 3 heterocycles. The summed E-state index contributed by atoms with van der Waals surface area (Å²) >= 11 is 0. The van der Waals surface area contributed by atoms with Gasteiger partial charge in [0, 0.05) is 0 Å². The summed E-state index contributed by atoms with van der Waals surface area (Å²) < 4.78 is 13.6. The predicted octanol–water partition coefficient (Wildman–Crippen LogP) is 2.49. The Morgan fingerprint density at radius 3 is 2.53 bits per heavy atom. The van der Waals surface area contributed by atoms with Crippen molar-refractivity contribution in [3.63, 3.8) is 0 Å². The number of fused-ring (bicyclic) bond motifs is 3. The van der Waals surface area contributed by atoms with Crippen LogP contribution in [-0.2, 0) is 0 Å². The number of halogens is 1. The lowest BCUT2D eigenvalue weighted by molar-refractivity contribution is 0.0404. The van der Waals surface area contributed by atoms with Gasteiger partial charge in [-0.1, -0.05) is 12.1 Å². The van der Waals surface area contributed by atoms with Crippen molar-refractivity contribution < 1.29 is 9.18 Å². The average molecular weight is 233 g/mol. The summed E-state index contributed by atoms with van der Waals surface area (Å²) in [5.74, 6) is 0.244. The number of hydrogen-bond donors (Lipinski definition) is 0. The van der Waals surface area contributed by atoms with Crippen LogP contribution in [0.3, 0.4) is 0 Å². The van der Waals surface area contributed by atoms with E-state index in [1.807, 2.05) is 0 Å². The number of nitrogens with zero attached hydrogens (tertiary/aromatic N) is 1. The Hall–Kier alpha value is -1.22. The predicted molar refractivity (Wildman–Crippen MR) is 63.4 cm³/mol. The SMILES string of the molecule is O=C(c1ccccc1F)C1CC2CCN1CC2. The van der Waals surface area contributed by atoms with Crippen LogP contribution in [0, 0.1) is 11.7 Å². The molecule has 1 aromatic carbocycles. The summed E-state index contributed by atoms with van der Waals surface area (Å²) in [6, 6.07) is 6.23. The molecule has 0 aliphatic carbocycles. The lowest BCUT2D eigenvalue weighted by atomic mass is 9.80. The van der Waals surface area contributed by atoms with Crippen molar-refractivity contribution >= 4 is 5.78 Å². The van der Waals surface area contributed by atoms with E-state index >= 15 is 0 Å². The molecule has 0 spiro atoms. The highest BCUT2D eigenvalue weighted by atomic mass is 19.1. The Bertz CT molecular complexity index is 438. The molecule has 3 aliphatic heterocycles. The topological polar surface area (TPSA) is 20.3 Å². The summed E-state index contributed by atoms with van der Waals surface area (Å²) in [7, 11) is 0. The van der Waals surface area contributed by atoms with Crippen molar-refractivity contribution in [3.8, 4) is 0 Å². The van der Waals surface area contributed by atoms with Gasteiger partial charge in [0.05, 0.1) is 11.6 Å². The van der Waals surface area contributed by atoms with Crippen LogP contribution in [0.15, 0.2) is 24.3 Å². The minimum Gasteiger partial charge on any atom is -0.293 e. The van der Waals surface area contributed by atoms with Crippen LogP contribution < -0.4 is 0 Å². The second kappa shape index (κ2) is 4.22. The first-order valence-corrected chi connectivity index (χ1v) is 6.28. The number of carbonyl (C=O) groups excluding carboxylic acids is 1. The van der Waals surface area contributed by atoms with E-state index in [0.29, 0.717) is 5.92 Å². The van der Waals surface area contributed by atoms with Gasteiger partial charge in [-0.15, -0.1) is 0 Å². The Labute approximate surface area is 100 Å². The van der Waals surface area contributed by atoms with Crippen molar-refractivity contribution in [1.29, 1.82) is 0 Å². The number of carbonyl (C=O) groups is 1. The van der Waals surface area contributed by atoms with Gasteiger partial charge >= 0.3 is 0 Å². The van der Waals surface area contributed by atoms with Crippen LogP contribution in [0.1, 0.15) is 29.6 Å². The minimum absolute atomic E-state index is 0.0347. The quantitative estimate of drug-likeness (QED) is 0.731. The van der Waals surface area contributed by atoms with Crippen LogP contribution in [0.5, 0.6) is 0 Å². The normalized spacial score (nSPS) is 31.5. The highest BCUT2D eigenvalue weighted by Crippen LogP contribution is 2.33. The molecule has 0 aromatic heterocycles. The first kappa shape index (κ1) is 10.9. The van der Waals surface area contributed by atoms with Crippen molar-refractivity contribution in [2.75, 3.05) is 13.1 Å². The molecular weight excluding hydrogens is 217 g/mol. The van der Waals surface area contributed by atoms with Crippen LogP contribution in [0.25, 0.3) is 0 Å². The molecular formula is C14H16FNO. The van der Waals surface area contributed by atoms with Crippen LogP contribution >= 0.6 is 0 Å². The van der Waals surface area contributed by atoms with E-state index in [4.69, 9.17) is 0 Å². The molecule has 3 heteroatoms. The molecule has 0 saturated carbocycles. The van der Waals surface area contributed by atoms with Gasteiger partial charge in [-0.05, 0) is 50.4 Å². The fourth-order valence-electron chi connectivity index (χ4n) is 3.08. The Balaban J connectivity index is 1.85. The van der Waals surface area contributed by atoms with Gasteiger partial charge in [0.2, 0.25) is 0 Å². The summed E-state index contributed by atoms with van der Waals surface area (Å²) in [5.41, 5.74) is 0.255. The van der Waals surface area contributed by atoms with Crippen molar-refractivity contribution in [1.82, 2.24) is 4.90 Å². The average Bonchev–Trinajstić information content (AvgIpc) is 2.40. The van der Waals surface area contributed by atoms with Gasteiger partial charge in [-0.2, -0.15) is 0 Å². The molecule has 4 rings (SSSR count). The molecule has 2 nitrogen and oxygen atoms in total. The molecule has 0 radical (unpaired) electrons. The van der Waals surface area contributed by atoms with E-state index in [1.54, 1.807) is 18.2 Å². The summed E-state index contributed by atoms with van der Waals surface area (Å²) in [5, 5.41) is 0. The van der Waals surface area contributed by atoms with Gasteiger partial charge in [-0.3, -0.25) is 9.69 Å². The van der Waals surface area contributed by atoms with E-state index in [9.17, 15) is 9.18 Å². The number of ketones is 1. The number of rotatable bonds is 2. The lowest BCUT2D eigenvalue weighted by Crippen LogP contribution is -2.52. The van der Waals surface area contributed by atoms with Crippen LogP contribution in [0.4, 0.5) is 4.39 Å². The fraction of sp³-hybridized carbons (Fsp3) is 0.500. The van der Waals surface area contributed by atoms with Gasteiger partial charge in [0.25, 0.3) is 0 Å². The van der Waals surface area contributed by atoms with E-state index in [2.05, 4.69) is 4.90 Å². The molecule has 0 amide bonds. The molecule has 17 heavy (non-hydrogen) atoms. The summed E-state index contributed by atoms with van der Waals surface area (Å²) in [6.45, 7) is 1.99. The molecule has 2 bridgehead atoms. The number of Topliss-reactive ketones (excluding diaryl/α,β-unsaturated/α-hetero) is 1. The van der Waals surface area contributed by atoms with E-state index in [-0.39, 0.29) is 23.2 Å². The van der Waals surface area contributed by atoms with E-state index < -0.39 is 0 Å². The van der Waals surface area contributed by atoms with Gasteiger partial charge in [0.1, 0.15) is 5.82 Å². The Morgan fingerprint density at radius 2 is 1.94 bits per heavy atom. The standard InChI is InChI=1S/C14H16FNO/c15-12-4-2-1-3-11(12)14(17)13-9-10-5-7-16(13)8-6-10/h1-4,10,13H,5-9H2. The van der Waals surface area contributed by atoms with Gasteiger partial charge in [0.15, 0.2) is 5.78 Å². The maximum atomic E-state index is 13.6. The number of benzene rings is 1. The van der Waals surface area contributed by atoms with E-state index in [0.717, 1.165) is 19.5 Å². The molecule has 1 unspecified atom stereocenters.